The molecule has 1 unspecified atom stereocenters. The van der Waals surface area contributed by atoms with Crippen molar-refractivity contribution in [2.75, 3.05) is 10.6 Å². The molecule has 0 saturated heterocycles. The zero-order valence-corrected chi connectivity index (χ0v) is 13.8. The number of halogens is 2. The van der Waals surface area contributed by atoms with Crippen molar-refractivity contribution < 1.29 is 0 Å². The second-order valence-electron chi connectivity index (χ2n) is 4.95. The molecule has 0 radical (unpaired) electrons. The Morgan fingerprint density at radius 1 is 1.10 bits per heavy atom. The molecule has 0 spiro atoms. The summed E-state index contributed by atoms with van der Waals surface area (Å²) in [5, 5.41) is 7.60. The SMILES string of the molecule is CCC(C)Nc1cc(C)nc(Nc2cc(Cl)cc(Cl)c2)n1. The second kappa shape index (κ2) is 6.96. The minimum Gasteiger partial charge on any atom is -0.367 e. The number of anilines is 3. The van der Waals surface area contributed by atoms with Crippen molar-refractivity contribution >= 4 is 40.7 Å². The van der Waals surface area contributed by atoms with Crippen LogP contribution >= 0.6 is 23.2 Å². The highest BCUT2D eigenvalue weighted by Crippen LogP contribution is 2.24. The molecule has 1 aromatic heterocycles. The summed E-state index contributed by atoms with van der Waals surface area (Å²) in [4.78, 5) is 8.83. The number of aromatic nitrogens is 2. The molecular weight excluding hydrogens is 307 g/mol. The lowest BCUT2D eigenvalue weighted by atomic mass is 10.2. The predicted molar refractivity (Wildman–Crippen MR) is 89.9 cm³/mol. The van der Waals surface area contributed by atoms with Gasteiger partial charge in [-0.2, -0.15) is 4.98 Å². The molecule has 1 aromatic carbocycles. The van der Waals surface area contributed by atoms with E-state index in [1.807, 2.05) is 13.0 Å². The van der Waals surface area contributed by atoms with E-state index in [9.17, 15) is 0 Å². The first-order valence-electron chi connectivity index (χ1n) is 6.81. The fourth-order valence-electron chi connectivity index (χ4n) is 1.81. The van der Waals surface area contributed by atoms with Gasteiger partial charge in [-0.15, -0.1) is 0 Å². The smallest absolute Gasteiger partial charge is 0.229 e. The Morgan fingerprint density at radius 2 is 1.76 bits per heavy atom. The summed E-state index contributed by atoms with van der Waals surface area (Å²) in [6.45, 7) is 6.17. The fourth-order valence-corrected chi connectivity index (χ4v) is 2.33. The van der Waals surface area contributed by atoms with E-state index in [1.165, 1.54) is 0 Å². The number of aryl methyl sites for hydroxylation is 1. The van der Waals surface area contributed by atoms with Crippen LogP contribution in [0.5, 0.6) is 0 Å². The Kier molecular flexibility index (Phi) is 5.26. The summed E-state index contributed by atoms with van der Waals surface area (Å²) in [6.07, 6.45) is 1.02. The Labute approximate surface area is 134 Å². The van der Waals surface area contributed by atoms with E-state index in [0.717, 1.165) is 23.6 Å². The van der Waals surface area contributed by atoms with Gasteiger partial charge in [0.05, 0.1) is 0 Å². The van der Waals surface area contributed by atoms with Crippen molar-refractivity contribution in [3.8, 4) is 0 Å². The maximum atomic E-state index is 5.99. The summed E-state index contributed by atoms with van der Waals surface area (Å²) < 4.78 is 0. The Balaban J connectivity index is 2.23. The van der Waals surface area contributed by atoms with Crippen LogP contribution in [0.4, 0.5) is 17.5 Å². The zero-order valence-electron chi connectivity index (χ0n) is 12.2. The van der Waals surface area contributed by atoms with Gasteiger partial charge in [-0.1, -0.05) is 30.1 Å². The van der Waals surface area contributed by atoms with E-state index in [4.69, 9.17) is 23.2 Å². The molecule has 0 fully saturated rings. The minimum absolute atomic E-state index is 0.354. The van der Waals surface area contributed by atoms with E-state index in [1.54, 1.807) is 18.2 Å². The first-order valence-corrected chi connectivity index (χ1v) is 7.57. The average molecular weight is 325 g/mol. The van der Waals surface area contributed by atoms with E-state index < -0.39 is 0 Å². The molecule has 0 aliphatic carbocycles. The molecule has 112 valence electrons. The monoisotopic (exact) mass is 324 g/mol. The second-order valence-corrected chi connectivity index (χ2v) is 5.83. The molecule has 0 aliphatic heterocycles. The van der Waals surface area contributed by atoms with Gasteiger partial charge < -0.3 is 10.6 Å². The standard InChI is InChI=1S/C15H18Cl2N4/c1-4-9(2)18-14-5-10(3)19-15(21-14)20-13-7-11(16)6-12(17)8-13/h5-9H,4H2,1-3H3,(H2,18,19,20,21). The predicted octanol–water partition coefficient (Wildman–Crippen LogP) is 5.05. The molecule has 4 nitrogen and oxygen atoms in total. The third-order valence-electron chi connectivity index (χ3n) is 2.98. The first-order chi connectivity index (χ1) is 9.96. The minimum atomic E-state index is 0.354. The van der Waals surface area contributed by atoms with Crippen molar-refractivity contribution in [3.05, 3.63) is 40.0 Å². The molecular formula is C15H18Cl2N4. The van der Waals surface area contributed by atoms with Crippen molar-refractivity contribution in [2.24, 2.45) is 0 Å². The number of nitrogens with one attached hydrogen (secondary N) is 2. The van der Waals surface area contributed by atoms with Gasteiger partial charge in [-0.25, -0.2) is 4.98 Å². The third-order valence-corrected chi connectivity index (χ3v) is 3.42. The molecule has 2 N–H and O–H groups in total. The molecule has 2 rings (SSSR count). The van der Waals surface area contributed by atoms with Crippen molar-refractivity contribution in [3.63, 3.8) is 0 Å². The van der Waals surface area contributed by atoms with Gasteiger partial charge in [0, 0.05) is 33.5 Å². The molecule has 6 heteroatoms. The van der Waals surface area contributed by atoms with Crippen molar-refractivity contribution in [2.45, 2.75) is 33.2 Å². The van der Waals surface area contributed by atoms with Crippen LogP contribution in [0.3, 0.4) is 0 Å². The molecule has 1 atom stereocenters. The molecule has 0 aliphatic rings. The maximum absolute atomic E-state index is 5.99. The van der Waals surface area contributed by atoms with E-state index >= 15 is 0 Å². The van der Waals surface area contributed by atoms with Gasteiger partial charge in [0.1, 0.15) is 5.82 Å². The van der Waals surface area contributed by atoms with Crippen LogP contribution in [0.25, 0.3) is 0 Å². The lowest BCUT2D eigenvalue weighted by Gasteiger charge is -2.14. The highest BCUT2D eigenvalue weighted by molar-refractivity contribution is 6.35. The van der Waals surface area contributed by atoms with Gasteiger partial charge in [0.2, 0.25) is 5.95 Å². The quantitative estimate of drug-likeness (QED) is 0.808. The number of hydrogen-bond acceptors (Lipinski definition) is 4. The average Bonchev–Trinajstić information content (AvgIpc) is 2.36. The van der Waals surface area contributed by atoms with Crippen LogP contribution in [0, 0.1) is 6.92 Å². The number of nitrogens with zero attached hydrogens (tertiary/aromatic N) is 2. The number of hydrogen-bond donors (Lipinski definition) is 2. The Hall–Kier alpha value is -1.52. The number of benzene rings is 1. The fraction of sp³-hybridized carbons (Fsp3) is 0.333. The molecule has 1 heterocycles. The van der Waals surface area contributed by atoms with Gasteiger partial charge in [-0.05, 0) is 38.5 Å². The van der Waals surface area contributed by atoms with E-state index in [2.05, 4.69) is 34.4 Å². The van der Waals surface area contributed by atoms with Crippen LogP contribution in [0.15, 0.2) is 24.3 Å². The van der Waals surface area contributed by atoms with Gasteiger partial charge >= 0.3 is 0 Å². The van der Waals surface area contributed by atoms with Crippen LogP contribution in [-0.2, 0) is 0 Å². The van der Waals surface area contributed by atoms with Crippen LogP contribution < -0.4 is 10.6 Å². The van der Waals surface area contributed by atoms with E-state index in [-0.39, 0.29) is 0 Å². The van der Waals surface area contributed by atoms with Crippen LogP contribution in [0.2, 0.25) is 10.0 Å². The van der Waals surface area contributed by atoms with Crippen LogP contribution in [-0.4, -0.2) is 16.0 Å². The topological polar surface area (TPSA) is 49.8 Å². The molecule has 0 bridgehead atoms. The molecule has 2 aromatic rings. The first kappa shape index (κ1) is 15.9. The molecule has 21 heavy (non-hydrogen) atoms. The summed E-state index contributed by atoms with van der Waals surface area (Å²) in [5.41, 5.74) is 1.64. The van der Waals surface area contributed by atoms with Gasteiger partial charge in [-0.3, -0.25) is 0 Å². The summed E-state index contributed by atoms with van der Waals surface area (Å²) >= 11 is 12.0. The van der Waals surface area contributed by atoms with Crippen LogP contribution in [0.1, 0.15) is 26.0 Å². The van der Waals surface area contributed by atoms with Gasteiger partial charge in [0.15, 0.2) is 0 Å². The third kappa shape index (κ3) is 4.76. The Bertz CT molecular complexity index is 611. The van der Waals surface area contributed by atoms with Crippen molar-refractivity contribution in [1.29, 1.82) is 0 Å². The summed E-state index contributed by atoms with van der Waals surface area (Å²) in [6, 6.07) is 7.51. The van der Waals surface area contributed by atoms with Gasteiger partial charge in [0.25, 0.3) is 0 Å². The summed E-state index contributed by atoms with van der Waals surface area (Å²) in [5.74, 6) is 1.31. The number of rotatable bonds is 5. The largest absolute Gasteiger partial charge is 0.367 e. The Morgan fingerprint density at radius 3 is 2.38 bits per heavy atom. The van der Waals surface area contributed by atoms with Crippen molar-refractivity contribution in [1.82, 2.24) is 9.97 Å². The summed E-state index contributed by atoms with van der Waals surface area (Å²) in [7, 11) is 0. The molecule has 0 amide bonds. The normalized spacial score (nSPS) is 12.0. The molecule has 0 saturated carbocycles. The highest BCUT2D eigenvalue weighted by Gasteiger charge is 2.06. The lowest BCUT2D eigenvalue weighted by Crippen LogP contribution is -2.15. The van der Waals surface area contributed by atoms with E-state index in [0.29, 0.717) is 22.0 Å². The highest BCUT2D eigenvalue weighted by atomic mass is 35.5. The lowest BCUT2D eigenvalue weighted by molar-refractivity contribution is 0.758. The maximum Gasteiger partial charge on any atom is 0.229 e. The zero-order chi connectivity index (χ0) is 15.4.